The predicted molar refractivity (Wildman–Crippen MR) is 120 cm³/mol. The summed E-state index contributed by atoms with van der Waals surface area (Å²) in [6.45, 7) is 0. The number of allylic oxidation sites excluding steroid dienone is 2. The van der Waals surface area contributed by atoms with Gasteiger partial charge in [-0.3, -0.25) is 0 Å². The molecule has 0 unspecified atom stereocenters. The van der Waals surface area contributed by atoms with Crippen molar-refractivity contribution in [1.82, 2.24) is 0 Å². The fourth-order valence-corrected chi connectivity index (χ4v) is 2.47. The van der Waals surface area contributed by atoms with Crippen molar-refractivity contribution < 1.29 is 0 Å². The van der Waals surface area contributed by atoms with Gasteiger partial charge < -0.3 is 11.5 Å². The van der Waals surface area contributed by atoms with Crippen LogP contribution in [0.5, 0.6) is 0 Å². The van der Waals surface area contributed by atoms with Gasteiger partial charge in [-0.25, -0.2) is 0 Å². The van der Waals surface area contributed by atoms with E-state index in [0.717, 1.165) is 11.1 Å². The van der Waals surface area contributed by atoms with Gasteiger partial charge in [0.2, 0.25) is 5.96 Å². The van der Waals surface area contributed by atoms with Crippen LogP contribution in [0.25, 0.3) is 12.2 Å². The van der Waals surface area contributed by atoms with Crippen molar-refractivity contribution in [3.63, 3.8) is 0 Å². The summed E-state index contributed by atoms with van der Waals surface area (Å²) in [6, 6.07) is 16.4. The molecule has 0 saturated heterocycles. The fourth-order valence-electron chi connectivity index (χ4n) is 1.75. The Labute approximate surface area is 168 Å². The second-order valence-electron chi connectivity index (χ2n) is 4.82. The first-order valence-corrected chi connectivity index (χ1v) is 9.22. The summed E-state index contributed by atoms with van der Waals surface area (Å²) in [7, 11) is 0. The zero-order chi connectivity index (χ0) is 17.4. The quantitative estimate of drug-likeness (QED) is 0.257. The van der Waals surface area contributed by atoms with Crippen LogP contribution in [0.3, 0.4) is 0 Å². The first-order valence-electron chi connectivity index (χ1n) is 7.07. The smallest absolute Gasteiger partial charge is 0.211 e. The Hall–Kier alpha value is -1.68. The SMILES string of the molecule is NC(N)=NN=C(C=Cc1ccc(I)cc1)C=Cc1ccc(I)cc1. The fraction of sp³-hybridized carbons (Fsp3) is 0. The van der Waals surface area contributed by atoms with Gasteiger partial charge in [0.15, 0.2) is 0 Å². The van der Waals surface area contributed by atoms with Gasteiger partial charge >= 0.3 is 0 Å². The van der Waals surface area contributed by atoms with Gasteiger partial charge in [0.1, 0.15) is 0 Å². The molecule has 0 aliphatic heterocycles. The largest absolute Gasteiger partial charge is 0.369 e. The van der Waals surface area contributed by atoms with E-state index in [1.807, 2.05) is 48.6 Å². The molecule has 0 bridgehead atoms. The van der Waals surface area contributed by atoms with Gasteiger partial charge in [0.05, 0.1) is 5.71 Å². The molecular weight excluding hydrogens is 526 g/mol. The highest BCUT2D eigenvalue weighted by atomic mass is 127. The summed E-state index contributed by atoms with van der Waals surface area (Å²) in [5.41, 5.74) is 13.5. The molecule has 122 valence electrons. The minimum absolute atomic E-state index is 0.0715. The van der Waals surface area contributed by atoms with Crippen molar-refractivity contribution in [1.29, 1.82) is 0 Å². The number of rotatable bonds is 5. The number of hydrogen-bond acceptors (Lipinski definition) is 2. The van der Waals surface area contributed by atoms with Crippen LogP contribution in [-0.4, -0.2) is 11.7 Å². The van der Waals surface area contributed by atoms with Crippen molar-refractivity contribution in [3.8, 4) is 0 Å². The number of guanidine groups is 1. The molecule has 24 heavy (non-hydrogen) atoms. The molecule has 4 nitrogen and oxygen atoms in total. The lowest BCUT2D eigenvalue weighted by Crippen LogP contribution is -2.22. The number of halogens is 2. The molecule has 0 aromatic heterocycles. The summed E-state index contributed by atoms with van der Waals surface area (Å²) in [6.07, 6.45) is 7.68. The standard InChI is InChI=1S/C18H16I2N4/c19-15-7-1-13(2-8-15)5-11-17(23-24-18(21)22)12-6-14-3-9-16(20)10-4-14/h1-12H,(H4,21,22,24). The zero-order valence-electron chi connectivity index (χ0n) is 12.7. The summed E-state index contributed by atoms with van der Waals surface area (Å²) >= 11 is 4.55. The average Bonchev–Trinajstić information content (AvgIpc) is 2.57. The molecule has 0 atom stereocenters. The predicted octanol–water partition coefficient (Wildman–Crippen LogP) is 4.25. The van der Waals surface area contributed by atoms with Crippen molar-refractivity contribution in [2.75, 3.05) is 0 Å². The third-order valence-electron chi connectivity index (χ3n) is 2.91. The van der Waals surface area contributed by atoms with E-state index in [1.54, 1.807) is 0 Å². The molecule has 0 heterocycles. The molecule has 0 spiro atoms. The van der Waals surface area contributed by atoms with Crippen molar-refractivity contribution in [2.45, 2.75) is 0 Å². The molecule has 2 rings (SSSR count). The van der Waals surface area contributed by atoms with Crippen LogP contribution < -0.4 is 11.5 Å². The van der Waals surface area contributed by atoms with Crippen LogP contribution in [-0.2, 0) is 0 Å². The van der Waals surface area contributed by atoms with Crippen LogP contribution >= 0.6 is 45.2 Å². The Kier molecular flexibility index (Phi) is 7.44. The first kappa shape index (κ1) is 18.7. The van der Waals surface area contributed by atoms with Gasteiger partial charge in [0, 0.05) is 7.14 Å². The molecule has 6 heteroatoms. The average molecular weight is 542 g/mol. The minimum Gasteiger partial charge on any atom is -0.369 e. The summed E-state index contributed by atoms with van der Waals surface area (Å²) in [4.78, 5) is 0. The van der Waals surface area contributed by atoms with Gasteiger partial charge in [-0.15, -0.1) is 10.2 Å². The maximum atomic E-state index is 5.36. The van der Waals surface area contributed by atoms with Gasteiger partial charge in [-0.2, -0.15) is 0 Å². The Morgan fingerprint density at radius 1 is 0.708 bits per heavy atom. The lowest BCUT2D eigenvalue weighted by atomic mass is 10.1. The van der Waals surface area contributed by atoms with Gasteiger partial charge in [-0.05, 0) is 92.7 Å². The highest BCUT2D eigenvalue weighted by molar-refractivity contribution is 14.1. The first-order chi connectivity index (χ1) is 11.5. The molecular formula is C18H16I2N4. The Morgan fingerprint density at radius 2 is 1.12 bits per heavy atom. The molecule has 2 aromatic carbocycles. The number of hydrogen-bond donors (Lipinski definition) is 2. The van der Waals surface area contributed by atoms with E-state index in [4.69, 9.17) is 11.5 Å². The molecule has 0 aliphatic rings. The van der Waals surface area contributed by atoms with E-state index in [0.29, 0.717) is 5.71 Å². The molecule has 2 aromatic rings. The van der Waals surface area contributed by atoms with E-state index in [-0.39, 0.29) is 5.96 Å². The third kappa shape index (κ3) is 6.83. The number of nitrogens with zero attached hydrogens (tertiary/aromatic N) is 2. The maximum absolute atomic E-state index is 5.36. The summed E-state index contributed by atoms with van der Waals surface area (Å²) < 4.78 is 2.38. The molecule has 0 radical (unpaired) electrons. The van der Waals surface area contributed by atoms with Gasteiger partial charge in [-0.1, -0.05) is 36.4 Å². The lowest BCUT2D eigenvalue weighted by Gasteiger charge is -1.96. The number of benzene rings is 2. The van der Waals surface area contributed by atoms with E-state index in [9.17, 15) is 0 Å². The van der Waals surface area contributed by atoms with Gasteiger partial charge in [0.25, 0.3) is 0 Å². The molecule has 0 fully saturated rings. The Balaban J connectivity index is 2.21. The third-order valence-corrected chi connectivity index (χ3v) is 4.35. The van der Waals surface area contributed by atoms with Crippen LogP contribution in [0.4, 0.5) is 0 Å². The van der Waals surface area contributed by atoms with E-state index < -0.39 is 0 Å². The normalized spacial score (nSPS) is 10.9. The second-order valence-corrected chi connectivity index (χ2v) is 7.31. The molecule has 0 saturated carbocycles. The minimum atomic E-state index is -0.0715. The molecule has 0 aliphatic carbocycles. The van der Waals surface area contributed by atoms with E-state index >= 15 is 0 Å². The highest BCUT2D eigenvalue weighted by Crippen LogP contribution is 2.10. The van der Waals surface area contributed by atoms with Crippen LogP contribution in [0.2, 0.25) is 0 Å². The summed E-state index contributed by atoms with van der Waals surface area (Å²) in [5.74, 6) is -0.0715. The highest BCUT2D eigenvalue weighted by Gasteiger charge is 1.93. The monoisotopic (exact) mass is 542 g/mol. The van der Waals surface area contributed by atoms with Crippen molar-refractivity contribution >= 4 is 69.0 Å². The van der Waals surface area contributed by atoms with E-state index in [1.165, 1.54) is 7.14 Å². The van der Waals surface area contributed by atoms with Crippen molar-refractivity contribution in [2.24, 2.45) is 21.7 Å². The van der Waals surface area contributed by atoms with E-state index in [2.05, 4.69) is 79.7 Å². The Morgan fingerprint density at radius 3 is 1.50 bits per heavy atom. The molecule has 0 amide bonds. The van der Waals surface area contributed by atoms with Crippen molar-refractivity contribution in [3.05, 3.63) is 79.0 Å². The zero-order valence-corrected chi connectivity index (χ0v) is 17.0. The maximum Gasteiger partial charge on any atom is 0.211 e. The van der Waals surface area contributed by atoms with Crippen LogP contribution in [0, 0.1) is 7.14 Å². The lowest BCUT2D eigenvalue weighted by molar-refractivity contribution is 1.21. The number of nitrogens with two attached hydrogens (primary N) is 2. The topological polar surface area (TPSA) is 76.8 Å². The van der Waals surface area contributed by atoms with Crippen LogP contribution in [0.15, 0.2) is 70.9 Å². The summed E-state index contributed by atoms with van der Waals surface area (Å²) in [5, 5.41) is 7.80. The Bertz CT molecular complexity index is 727. The van der Waals surface area contributed by atoms with Crippen LogP contribution in [0.1, 0.15) is 11.1 Å². The molecule has 4 N–H and O–H groups in total. The second kappa shape index (κ2) is 9.58.